The molecule has 0 bridgehead atoms. The summed E-state index contributed by atoms with van der Waals surface area (Å²) in [5.74, 6) is -0.227. The Kier molecular flexibility index (Phi) is 3.59. The third kappa shape index (κ3) is 3.33. The van der Waals surface area contributed by atoms with Crippen molar-refractivity contribution in [3.8, 4) is 0 Å². The second kappa shape index (κ2) is 4.60. The van der Waals surface area contributed by atoms with E-state index in [1.165, 1.54) is 13.2 Å². The van der Waals surface area contributed by atoms with Crippen LogP contribution in [0.2, 0.25) is 0 Å². The number of nitrogen functional groups attached to an aromatic ring is 1. The second-order valence-electron chi connectivity index (χ2n) is 3.71. The number of nitrogens with zero attached hydrogens (tertiary/aromatic N) is 2. The van der Waals surface area contributed by atoms with Gasteiger partial charge in [0.2, 0.25) is 0 Å². The van der Waals surface area contributed by atoms with Crippen LogP contribution in [0.4, 0.5) is 19.0 Å². The Morgan fingerprint density at radius 1 is 1.53 bits per heavy atom. The number of nitrogens with one attached hydrogen (secondary N) is 1. The molecule has 1 aromatic heterocycles. The van der Waals surface area contributed by atoms with Gasteiger partial charge in [0.25, 0.3) is 0 Å². The van der Waals surface area contributed by atoms with Gasteiger partial charge >= 0.3 is 6.18 Å². The number of aromatic nitrogens is 1. The number of anilines is 1. The zero-order valence-corrected chi connectivity index (χ0v) is 9.47. The van der Waals surface area contributed by atoms with Crippen LogP contribution in [0, 0.1) is 12.3 Å². The molecule has 0 unspecified atom stereocenters. The standard InChI is InChI=1S/C10H13F3N4/c1-6-3-4-16-9(7(6)8(14)15)17(2)5-10(11,12)13/h3-4H,5H2,1-2H3,(H3,14,15). The van der Waals surface area contributed by atoms with Crippen molar-refractivity contribution in [3.05, 3.63) is 23.4 Å². The quantitative estimate of drug-likeness (QED) is 0.629. The van der Waals surface area contributed by atoms with Crippen LogP contribution in [0.3, 0.4) is 0 Å². The van der Waals surface area contributed by atoms with Gasteiger partial charge in [0.05, 0.1) is 5.56 Å². The lowest BCUT2D eigenvalue weighted by molar-refractivity contribution is -0.119. The first-order valence-electron chi connectivity index (χ1n) is 4.80. The van der Waals surface area contributed by atoms with Gasteiger partial charge in [-0.25, -0.2) is 4.98 Å². The molecule has 7 heteroatoms. The summed E-state index contributed by atoms with van der Waals surface area (Å²) < 4.78 is 36.8. The molecule has 0 aliphatic rings. The number of hydrogen-bond acceptors (Lipinski definition) is 3. The van der Waals surface area contributed by atoms with Crippen molar-refractivity contribution >= 4 is 11.7 Å². The first-order valence-corrected chi connectivity index (χ1v) is 4.80. The van der Waals surface area contributed by atoms with Crippen LogP contribution < -0.4 is 10.6 Å². The molecule has 0 fully saturated rings. The number of halogens is 3. The summed E-state index contributed by atoms with van der Waals surface area (Å²) in [5, 5.41) is 7.37. The maximum Gasteiger partial charge on any atom is 0.405 e. The highest BCUT2D eigenvalue weighted by Crippen LogP contribution is 2.23. The summed E-state index contributed by atoms with van der Waals surface area (Å²) >= 11 is 0. The Labute approximate surface area is 96.8 Å². The van der Waals surface area contributed by atoms with E-state index in [-0.39, 0.29) is 17.2 Å². The first kappa shape index (κ1) is 13.3. The van der Waals surface area contributed by atoms with Crippen molar-refractivity contribution in [2.45, 2.75) is 13.1 Å². The number of nitrogens with two attached hydrogens (primary N) is 1. The largest absolute Gasteiger partial charge is 0.405 e. The van der Waals surface area contributed by atoms with Gasteiger partial charge in [-0.2, -0.15) is 13.2 Å². The van der Waals surface area contributed by atoms with Gasteiger partial charge in [-0.1, -0.05) is 0 Å². The van der Waals surface area contributed by atoms with E-state index in [1.54, 1.807) is 13.0 Å². The van der Waals surface area contributed by atoms with E-state index in [1.807, 2.05) is 0 Å². The van der Waals surface area contributed by atoms with Crippen LogP contribution in [-0.2, 0) is 0 Å². The summed E-state index contributed by atoms with van der Waals surface area (Å²) in [6, 6.07) is 1.60. The van der Waals surface area contributed by atoms with Gasteiger partial charge < -0.3 is 10.6 Å². The van der Waals surface area contributed by atoms with Gasteiger partial charge in [-0.15, -0.1) is 0 Å². The molecule has 1 heterocycles. The van der Waals surface area contributed by atoms with E-state index in [2.05, 4.69) is 4.98 Å². The van der Waals surface area contributed by atoms with Crippen molar-refractivity contribution in [2.75, 3.05) is 18.5 Å². The summed E-state index contributed by atoms with van der Waals surface area (Å²) in [6.45, 7) is 0.535. The average Bonchev–Trinajstić information content (AvgIpc) is 2.13. The van der Waals surface area contributed by atoms with E-state index in [9.17, 15) is 13.2 Å². The highest BCUT2D eigenvalue weighted by Gasteiger charge is 2.30. The SMILES string of the molecule is Cc1ccnc(N(C)CC(F)(F)F)c1C(=N)N. The Bertz CT molecular complexity index is 428. The Balaban J connectivity index is 3.13. The fourth-order valence-electron chi connectivity index (χ4n) is 1.51. The summed E-state index contributed by atoms with van der Waals surface area (Å²) in [5.41, 5.74) is 6.21. The van der Waals surface area contributed by atoms with Crippen molar-refractivity contribution in [3.63, 3.8) is 0 Å². The average molecular weight is 246 g/mol. The third-order valence-corrected chi connectivity index (χ3v) is 2.19. The summed E-state index contributed by atoms with van der Waals surface area (Å²) in [7, 11) is 1.27. The molecule has 94 valence electrons. The minimum absolute atomic E-state index is 0.0647. The Hall–Kier alpha value is -1.79. The van der Waals surface area contributed by atoms with Crippen LogP contribution >= 0.6 is 0 Å². The predicted molar refractivity (Wildman–Crippen MR) is 59.3 cm³/mol. The molecule has 0 atom stereocenters. The number of aryl methyl sites for hydroxylation is 1. The smallest absolute Gasteiger partial charge is 0.384 e. The van der Waals surface area contributed by atoms with Gasteiger partial charge in [0.1, 0.15) is 18.2 Å². The molecule has 0 aliphatic carbocycles. The first-order chi connectivity index (χ1) is 7.72. The predicted octanol–water partition coefficient (Wildman–Crippen LogP) is 1.67. The molecular weight excluding hydrogens is 233 g/mol. The van der Waals surface area contributed by atoms with Gasteiger partial charge in [-0.3, -0.25) is 5.41 Å². The maximum absolute atomic E-state index is 12.3. The topological polar surface area (TPSA) is 66.0 Å². The molecule has 0 aromatic carbocycles. The maximum atomic E-state index is 12.3. The monoisotopic (exact) mass is 246 g/mol. The minimum Gasteiger partial charge on any atom is -0.384 e. The van der Waals surface area contributed by atoms with Crippen molar-refractivity contribution < 1.29 is 13.2 Å². The summed E-state index contributed by atoms with van der Waals surface area (Å²) in [6.07, 6.45) is -2.93. The molecule has 4 nitrogen and oxygen atoms in total. The molecule has 0 amide bonds. The Morgan fingerprint density at radius 2 is 2.12 bits per heavy atom. The zero-order chi connectivity index (χ0) is 13.2. The van der Waals surface area contributed by atoms with Crippen molar-refractivity contribution in [1.29, 1.82) is 5.41 Å². The molecule has 0 spiro atoms. The lowest BCUT2D eigenvalue weighted by Gasteiger charge is -2.22. The van der Waals surface area contributed by atoms with Crippen LogP contribution in [0.15, 0.2) is 12.3 Å². The van der Waals surface area contributed by atoms with Crippen LogP contribution in [0.25, 0.3) is 0 Å². The third-order valence-electron chi connectivity index (χ3n) is 2.19. The number of pyridine rings is 1. The highest BCUT2D eigenvalue weighted by atomic mass is 19.4. The lowest BCUT2D eigenvalue weighted by atomic mass is 10.1. The van der Waals surface area contributed by atoms with Gasteiger partial charge in [0, 0.05) is 13.2 Å². The van der Waals surface area contributed by atoms with E-state index in [0.717, 1.165) is 4.90 Å². The van der Waals surface area contributed by atoms with E-state index < -0.39 is 12.7 Å². The van der Waals surface area contributed by atoms with E-state index in [0.29, 0.717) is 5.56 Å². The molecule has 3 N–H and O–H groups in total. The fourth-order valence-corrected chi connectivity index (χ4v) is 1.51. The van der Waals surface area contributed by atoms with Gasteiger partial charge in [-0.05, 0) is 18.6 Å². The van der Waals surface area contributed by atoms with Crippen molar-refractivity contribution in [2.24, 2.45) is 5.73 Å². The van der Waals surface area contributed by atoms with Crippen LogP contribution in [-0.4, -0.2) is 30.6 Å². The van der Waals surface area contributed by atoms with Crippen LogP contribution in [0.1, 0.15) is 11.1 Å². The summed E-state index contributed by atoms with van der Waals surface area (Å²) in [4.78, 5) is 4.78. The Morgan fingerprint density at radius 3 is 2.59 bits per heavy atom. The fraction of sp³-hybridized carbons (Fsp3) is 0.400. The molecule has 1 aromatic rings. The number of alkyl halides is 3. The lowest BCUT2D eigenvalue weighted by Crippen LogP contribution is -2.33. The number of rotatable bonds is 3. The molecule has 0 aliphatic heterocycles. The van der Waals surface area contributed by atoms with E-state index >= 15 is 0 Å². The molecule has 0 saturated carbocycles. The normalized spacial score (nSPS) is 11.4. The number of hydrogen-bond donors (Lipinski definition) is 2. The molecular formula is C10H13F3N4. The molecule has 17 heavy (non-hydrogen) atoms. The second-order valence-corrected chi connectivity index (χ2v) is 3.71. The molecule has 1 rings (SSSR count). The van der Waals surface area contributed by atoms with Crippen LogP contribution in [0.5, 0.6) is 0 Å². The zero-order valence-electron chi connectivity index (χ0n) is 9.47. The van der Waals surface area contributed by atoms with E-state index in [4.69, 9.17) is 11.1 Å². The molecule has 0 radical (unpaired) electrons. The number of amidine groups is 1. The van der Waals surface area contributed by atoms with Gasteiger partial charge in [0.15, 0.2) is 0 Å². The molecule has 0 saturated heterocycles. The minimum atomic E-state index is -4.33. The van der Waals surface area contributed by atoms with Crippen molar-refractivity contribution in [1.82, 2.24) is 4.98 Å². The highest BCUT2D eigenvalue weighted by molar-refractivity contribution is 6.00.